The van der Waals surface area contributed by atoms with Crippen LogP contribution in [0.5, 0.6) is 0 Å². The molecule has 3 heterocycles. The molecule has 152 valence electrons. The number of fused-ring (bicyclic) bond motifs is 1. The molecule has 1 N–H and O–H groups in total. The summed E-state index contributed by atoms with van der Waals surface area (Å²) in [6, 6.07) is 5.09. The topological polar surface area (TPSA) is 105 Å². The van der Waals surface area contributed by atoms with Crippen molar-refractivity contribution in [1.82, 2.24) is 19.6 Å². The summed E-state index contributed by atoms with van der Waals surface area (Å²) in [5.74, 6) is 0.253. The quantitative estimate of drug-likeness (QED) is 0.628. The summed E-state index contributed by atoms with van der Waals surface area (Å²) >= 11 is 0. The SMILES string of the molecule is CN1CCN(c2nc3ccccn3c2[N+](=O)[O-])[C@@H](CNC(=O)OC(C)(C)C)C1. The van der Waals surface area contributed by atoms with Gasteiger partial charge in [0.1, 0.15) is 5.60 Å². The van der Waals surface area contributed by atoms with Gasteiger partial charge in [-0.15, -0.1) is 0 Å². The van der Waals surface area contributed by atoms with Crippen molar-refractivity contribution in [2.24, 2.45) is 0 Å². The second-order valence-corrected chi connectivity index (χ2v) is 7.94. The average molecular weight is 390 g/mol. The van der Waals surface area contributed by atoms with Crippen molar-refractivity contribution >= 4 is 23.4 Å². The van der Waals surface area contributed by atoms with Crippen molar-refractivity contribution in [3.05, 3.63) is 34.5 Å². The molecule has 1 fully saturated rings. The molecule has 1 amide bonds. The Balaban J connectivity index is 1.86. The fourth-order valence-corrected chi connectivity index (χ4v) is 3.31. The lowest BCUT2D eigenvalue weighted by molar-refractivity contribution is -0.389. The van der Waals surface area contributed by atoms with Crippen LogP contribution in [-0.4, -0.2) is 70.2 Å². The van der Waals surface area contributed by atoms with Crippen LogP contribution in [-0.2, 0) is 4.74 Å². The van der Waals surface area contributed by atoms with Crippen LogP contribution in [0.15, 0.2) is 24.4 Å². The molecule has 0 bridgehead atoms. The third-order valence-electron chi connectivity index (χ3n) is 4.50. The van der Waals surface area contributed by atoms with E-state index in [0.717, 1.165) is 6.54 Å². The summed E-state index contributed by atoms with van der Waals surface area (Å²) in [5, 5.41) is 14.5. The number of ether oxygens (including phenoxy) is 1. The number of imidazole rings is 1. The second kappa shape index (κ2) is 7.63. The molecule has 0 aromatic carbocycles. The van der Waals surface area contributed by atoms with E-state index in [1.54, 1.807) is 45.2 Å². The summed E-state index contributed by atoms with van der Waals surface area (Å²) in [4.78, 5) is 31.9. The molecule has 10 nitrogen and oxygen atoms in total. The van der Waals surface area contributed by atoms with Crippen LogP contribution in [0.2, 0.25) is 0 Å². The van der Waals surface area contributed by atoms with E-state index < -0.39 is 16.6 Å². The Labute approximate surface area is 163 Å². The number of likely N-dealkylation sites (N-methyl/N-ethyl adjacent to an activating group) is 1. The van der Waals surface area contributed by atoms with Crippen LogP contribution in [0.4, 0.5) is 16.4 Å². The first-order chi connectivity index (χ1) is 13.2. The van der Waals surface area contributed by atoms with E-state index in [1.807, 2.05) is 11.9 Å². The standard InChI is InChI=1S/C18H26N6O4/c1-18(2,3)28-17(25)19-11-13-12-21(4)9-10-22(13)15-16(24(26)27)23-8-6-5-7-14(23)20-15/h5-8,13H,9-12H2,1-4H3,(H,19,25)/t13-/m0/s1. The zero-order valence-corrected chi connectivity index (χ0v) is 16.6. The van der Waals surface area contributed by atoms with Crippen molar-refractivity contribution in [1.29, 1.82) is 0 Å². The van der Waals surface area contributed by atoms with Gasteiger partial charge < -0.3 is 30.0 Å². The van der Waals surface area contributed by atoms with E-state index >= 15 is 0 Å². The molecule has 2 aromatic heterocycles. The number of pyridine rings is 1. The first kappa shape index (κ1) is 19.9. The van der Waals surface area contributed by atoms with E-state index in [1.165, 1.54) is 4.40 Å². The highest BCUT2D eigenvalue weighted by atomic mass is 16.6. The molecular formula is C18H26N6O4. The number of piperazine rings is 1. The summed E-state index contributed by atoms with van der Waals surface area (Å²) in [6.07, 6.45) is 1.12. The third-order valence-corrected chi connectivity index (χ3v) is 4.50. The maximum absolute atomic E-state index is 12.0. The number of hydrogen-bond donors (Lipinski definition) is 1. The van der Waals surface area contributed by atoms with Crippen LogP contribution in [0.25, 0.3) is 5.65 Å². The van der Waals surface area contributed by atoms with Gasteiger partial charge in [-0.05, 0) is 38.8 Å². The zero-order valence-electron chi connectivity index (χ0n) is 16.6. The normalized spacial score (nSPS) is 18.3. The maximum Gasteiger partial charge on any atom is 0.407 e. The van der Waals surface area contributed by atoms with Crippen molar-refractivity contribution in [3.8, 4) is 0 Å². The lowest BCUT2D eigenvalue weighted by atomic mass is 10.1. The molecule has 1 aliphatic heterocycles. The van der Waals surface area contributed by atoms with E-state index in [0.29, 0.717) is 31.1 Å². The smallest absolute Gasteiger partial charge is 0.407 e. The largest absolute Gasteiger partial charge is 0.444 e. The number of aromatic nitrogens is 2. The van der Waals surface area contributed by atoms with Crippen molar-refractivity contribution in [3.63, 3.8) is 0 Å². The van der Waals surface area contributed by atoms with Gasteiger partial charge in [0.15, 0.2) is 0 Å². The molecule has 3 rings (SSSR count). The Kier molecular flexibility index (Phi) is 5.41. The van der Waals surface area contributed by atoms with Gasteiger partial charge in [0.05, 0.1) is 12.2 Å². The van der Waals surface area contributed by atoms with Gasteiger partial charge in [-0.3, -0.25) is 0 Å². The fourth-order valence-electron chi connectivity index (χ4n) is 3.31. The van der Waals surface area contributed by atoms with Crippen molar-refractivity contribution in [2.45, 2.75) is 32.4 Å². The summed E-state index contributed by atoms with van der Waals surface area (Å²) in [5.41, 5.74) is -0.0740. The number of carbonyl (C=O) groups excluding carboxylic acids is 1. The number of alkyl carbamates (subject to hydrolysis) is 1. The molecule has 0 aliphatic carbocycles. The number of nitrogens with zero attached hydrogens (tertiary/aromatic N) is 5. The second-order valence-electron chi connectivity index (χ2n) is 7.94. The Morgan fingerprint density at radius 2 is 2.14 bits per heavy atom. The van der Waals surface area contributed by atoms with Gasteiger partial charge in [0, 0.05) is 32.2 Å². The van der Waals surface area contributed by atoms with Crippen molar-refractivity contribution in [2.75, 3.05) is 38.1 Å². The molecule has 0 unspecified atom stereocenters. The Hall–Kier alpha value is -2.88. The summed E-state index contributed by atoms with van der Waals surface area (Å²) < 4.78 is 6.77. The number of anilines is 1. The molecule has 1 aliphatic rings. The fraction of sp³-hybridized carbons (Fsp3) is 0.556. The first-order valence-corrected chi connectivity index (χ1v) is 9.19. The van der Waals surface area contributed by atoms with E-state index in [9.17, 15) is 14.9 Å². The summed E-state index contributed by atoms with van der Waals surface area (Å²) in [6.45, 7) is 7.65. The lowest BCUT2D eigenvalue weighted by Crippen LogP contribution is -2.56. The number of rotatable bonds is 4. The van der Waals surface area contributed by atoms with Gasteiger partial charge in [0.2, 0.25) is 11.5 Å². The highest BCUT2D eigenvalue weighted by Crippen LogP contribution is 2.31. The molecule has 2 aromatic rings. The monoisotopic (exact) mass is 390 g/mol. The van der Waals surface area contributed by atoms with Crippen LogP contribution < -0.4 is 10.2 Å². The Morgan fingerprint density at radius 3 is 2.82 bits per heavy atom. The van der Waals surface area contributed by atoms with Crippen LogP contribution in [0, 0.1) is 10.1 Å². The highest BCUT2D eigenvalue weighted by Gasteiger charge is 2.34. The molecule has 10 heteroatoms. The molecule has 1 atom stereocenters. The van der Waals surface area contributed by atoms with Crippen LogP contribution in [0.3, 0.4) is 0 Å². The number of amides is 1. The lowest BCUT2D eigenvalue weighted by Gasteiger charge is -2.40. The molecule has 0 saturated carbocycles. The minimum Gasteiger partial charge on any atom is -0.444 e. The van der Waals surface area contributed by atoms with E-state index in [-0.39, 0.29) is 11.9 Å². The maximum atomic E-state index is 12.0. The molecule has 1 saturated heterocycles. The number of hydrogen-bond acceptors (Lipinski definition) is 7. The third kappa shape index (κ3) is 4.33. The van der Waals surface area contributed by atoms with Gasteiger partial charge in [-0.25, -0.2) is 4.79 Å². The summed E-state index contributed by atoms with van der Waals surface area (Å²) in [7, 11) is 1.98. The van der Waals surface area contributed by atoms with Crippen LogP contribution >= 0.6 is 0 Å². The van der Waals surface area contributed by atoms with Crippen LogP contribution in [0.1, 0.15) is 20.8 Å². The average Bonchev–Trinajstić information content (AvgIpc) is 2.98. The molecule has 0 spiro atoms. The first-order valence-electron chi connectivity index (χ1n) is 9.19. The Bertz CT molecular complexity index is 875. The van der Waals surface area contributed by atoms with Gasteiger partial charge >= 0.3 is 11.9 Å². The number of nitro groups is 1. The van der Waals surface area contributed by atoms with E-state index in [4.69, 9.17) is 4.74 Å². The van der Waals surface area contributed by atoms with Gasteiger partial charge in [-0.1, -0.05) is 6.07 Å². The van der Waals surface area contributed by atoms with Gasteiger partial charge in [0.25, 0.3) is 0 Å². The minimum atomic E-state index is -0.590. The minimum absolute atomic E-state index is 0.0672. The van der Waals surface area contributed by atoms with Crippen molar-refractivity contribution < 1.29 is 14.5 Å². The Morgan fingerprint density at radius 1 is 1.39 bits per heavy atom. The molecular weight excluding hydrogens is 364 g/mol. The number of nitrogens with one attached hydrogen (secondary N) is 1. The number of carbonyl (C=O) groups is 1. The predicted octanol–water partition coefficient (Wildman–Crippen LogP) is 1.89. The van der Waals surface area contributed by atoms with Gasteiger partial charge in [-0.2, -0.15) is 9.38 Å². The predicted molar refractivity (Wildman–Crippen MR) is 105 cm³/mol. The molecule has 0 radical (unpaired) electrons. The molecule has 28 heavy (non-hydrogen) atoms. The highest BCUT2D eigenvalue weighted by molar-refractivity contribution is 5.68. The zero-order chi connectivity index (χ0) is 20.5. The van der Waals surface area contributed by atoms with E-state index in [2.05, 4.69) is 15.2 Å².